The summed E-state index contributed by atoms with van der Waals surface area (Å²) in [5.74, 6) is -0.700. The van der Waals surface area contributed by atoms with Gasteiger partial charge >= 0.3 is 0 Å². The number of nitrogens with zero attached hydrogens (tertiary/aromatic N) is 2. The predicted molar refractivity (Wildman–Crippen MR) is 159 cm³/mol. The van der Waals surface area contributed by atoms with E-state index in [-0.39, 0.29) is 23.4 Å². The van der Waals surface area contributed by atoms with Gasteiger partial charge in [0.05, 0.1) is 10.6 Å². The quantitative estimate of drug-likeness (QED) is 0.330. The van der Waals surface area contributed by atoms with Crippen LogP contribution >= 0.6 is 11.6 Å². The second-order valence-corrected chi connectivity index (χ2v) is 12.5. The zero-order valence-corrected chi connectivity index (χ0v) is 24.5. The number of nitrogens with one attached hydrogen (secondary N) is 1. The molecule has 1 N–H and O–H groups in total. The average Bonchev–Trinajstić information content (AvgIpc) is 3.47. The van der Waals surface area contributed by atoms with Gasteiger partial charge in [-0.15, -0.1) is 0 Å². The third-order valence-electron chi connectivity index (χ3n) is 7.47. The molecule has 1 fully saturated rings. The lowest BCUT2D eigenvalue weighted by atomic mass is 10.1. The van der Waals surface area contributed by atoms with Crippen LogP contribution in [0.4, 0.5) is 5.69 Å². The van der Waals surface area contributed by atoms with Crippen LogP contribution in [0, 0.1) is 6.92 Å². The van der Waals surface area contributed by atoms with E-state index in [1.807, 2.05) is 30.3 Å². The summed E-state index contributed by atoms with van der Waals surface area (Å²) in [4.78, 5) is 28.8. The van der Waals surface area contributed by atoms with Crippen LogP contribution in [0.5, 0.6) is 0 Å². The van der Waals surface area contributed by atoms with Crippen molar-refractivity contribution in [1.29, 1.82) is 0 Å². The fourth-order valence-corrected chi connectivity index (χ4v) is 6.72. The van der Waals surface area contributed by atoms with Crippen molar-refractivity contribution in [2.24, 2.45) is 0 Å². The molecule has 2 amide bonds. The van der Waals surface area contributed by atoms with E-state index in [9.17, 15) is 18.0 Å². The molecule has 4 rings (SSSR count). The van der Waals surface area contributed by atoms with Crippen molar-refractivity contribution >= 4 is 39.1 Å². The topological polar surface area (TPSA) is 86.8 Å². The van der Waals surface area contributed by atoms with Crippen molar-refractivity contribution in [2.75, 3.05) is 17.4 Å². The van der Waals surface area contributed by atoms with Gasteiger partial charge in [0, 0.05) is 17.6 Å². The Bertz CT molecular complexity index is 1410. The van der Waals surface area contributed by atoms with Crippen LogP contribution in [0.25, 0.3) is 0 Å². The number of benzene rings is 3. The first-order valence-electron chi connectivity index (χ1n) is 13.6. The molecule has 3 aromatic carbocycles. The molecule has 0 bridgehead atoms. The largest absolute Gasteiger partial charge is 0.352 e. The summed E-state index contributed by atoms with van der Waals surface area (Å²) in [5.41, 5.74) is 1.87. The Morgan fingerprint density at radius 2 is 1.57 bits per heavy atom. The number of anilines is 1. The van der Waals surface area contributed by atoms with Gasteiger partial charge < -0.3 is 10.2 Å². The van der Waals surface area contributed by atoms with Crippen molar-refractivity contribution < 1.29 is 18.0 Å². The highest BCUT2D eigenvalue weighted by atomic mass is 35.5. The molecule has 1 saturated carbocycles. The predicted octanol–water partition coefficient (Wildman–Crippen LogP) is 5.36. The number of halogens is 1. The Balaban J connectivity index is 1.66. The van der Waals surface area contributed by atoms with E-state index in [4.69, 9.17) is 11.6 Å². The fourth-order valence-electron chi connectivity index (χ4n) is 5.06. The van der Waals surface area contributed by atoms with Gasteiger partial charge in [-0.2, -0.15) is 0 Å². The van der Waals surface area contributed by atoms with Crippen molar-refractivity contribution in [3.05, 3.63) is 95.0 Å². The highest BCUT2D eigenvalue weighted by molar-refractivity contribution is 7.92. The Hall–Kier alpha value is -3.36. The number of amides is 2. The standard InChI is InChI=1S/C31H36ClN3O4S/c1-23-28(32)18-11-19-29(23)35(40(38,39)27-16-7-4-8-17-27)22-30(36)34(21-20-25-12-5-3-6-13-25)24(2)31(37)33-26-14-9-10-15-26/h3-8,11-13,16-19,24,26H,9-10,14-15,20-22H2,1-2H3,(H,33,37)/t24-/m1/s1. The molecule has 40 heavy (non-hydrogen) atoms. The Morgan fingerprint density at radius 1 is 0.950 bits per heavy atom. The van der Waals surface area contributed by atoms with E-state index in [1.54, 1.807) is 50.2 Å². The minimum Gasteiger partial charge on any atom is -0.352 e. The summed E-state index contributed by atoms with van der Waals surface area (Å²) >= 11 is 6.37. The molecule has 9 heteroatoms. The van der Waals surface area contributed by atoms with E-state index in [0.717, 1.165) is 35.6 Å². The molecule has 0 radical (unpaired) electrons. The number of carbonyl (C=O) groups excluding carboxylic acids is 2. The molecule has 0 saturated heterocycles. The molecule has 0 heterocycles. The van der Waals surface area contributed by atoms with Gasteiger partial charge in [-0.25, -0.2) is 8.42 Å². The van der Waals surface area contributed by atoms with Crippen LogP contribution in [0.2, 0.25) is 5.02 Å². The summed E-state index contributed by atoms with van der Waals surface area (Å²) in [6.45, 7) is 3.21. The number of rotatable bonds is 11. The Kier molecular flexibility index (Phi) is 9.87. The first-order chi connectivity index (χ1) is 19.2. The lowest BCUT2D eigenvalue weighted by molar-refractivity contribution is -0.139. The number of sulfonamides is 1. The third-order valence-corrected chi connectivity index (χ3v) is 9.65. The molecular weight excluding hydrogens is 546 g/mol. The SMILES string of the molecule is Cc1c(Cl)cccc1N(CC(=O)N(CCc1ccccc1)[C@H](C)C(=O)NC1CCCC1)S(=O)(=O)c1ccccc1. The molecular formula is C31H36ClN3O4S. The summed E-state index contributed by atoms with van der Waals surface area (Å²) in [7, 11) is -4.13. The number of hydrogen-bond donors (Lipinski definition) is 1. The van der Waals surface area contributed by atoms with Crippen LogP contribution in [0.15, 0.2) is 83.8 Å². The van der Waals surface area contributed by atoms with E-state index in [1.165, 1.54) is 17.0 Å². The van der Waals surface area contributed by atoms with Crippen molar-refractivity contribution in [2.45, 2.75) is 62.9 Å². The zero-order valence-electron chi connectivity index (χ0n) is 22.9. The second kappa shape index (κ2) is 13.3. The molecule has 0 unspecified atom stereocenters. The smallest absolute Gasteiger partial charge is 0.264 e. The van der Waals surface area contributed by atoms with Crippen molar-refractivity contribution in [1.82, 2.24) is 10.2 Å². The summed E-state index contributed by atoms with van der Waals surface area (Å²) in [6.07, 6.45) is 4.51. The van der Waals surface area contributed by atoms with E-state index < -0.39 is 28.5 Å². The molecule has 1 atom stereocenters. The summed E-state index contributed by atoms with van der Waals surface area (Å²) in [6, 6.07) is 22.0. The molecule has 0 spiro atoms. The van der Waals surface area contributed by atoms with E-state index >= 15 is 0 Å². The number of carbonyl (C=O) groups is 2. The maximum Gasteiger partial charge on any atom is 0.264 e. The summed E-state index contributed by atoms with van der Waals surface area (Å²) < 4.78 is 28.9. The molecule has 7 nitrogen and oxygen atoms in total. The van der Waals surface area contributed by atoms with Gasteiger partial charge in [-0.1, -0.05) is 79.0 Å². The molecule has 212 valence electrons. The first kappa shape index (κ1) is 29.6. The van der Waals surface area contributed by atoms with Crippen LogP contribution in [-0.4, -0.2) is 50.3 Å². The van der Waals surface area contributed by atoms with E-state index in [2.05, 4.69) is 5.32 Å². The molecule has 1 aliphatic rings. The molecule has 0 aromatic heterocycles. The van der Waals surface area contributed by atoms with Crippen LogP contribution in [0.1, 0.15) is 43.7 Å². The highest BCUT2D eigenvalue weighted by Gasteiger charge is 2.33. The van der Waals surface area contributed by atoms with Crippen LogP contribution in [-0.2, 0) is 26.0 Å². The van der Waals surface area contributed by atoms with Crippen molar-refractivity contribution in [3.63, 3.8) is 0 Å². The van der Waals surface area contributed by atoms with Gasteiger partial charge in [0.15, 0.2) is 0 Å². The lowest BCUT2D eigenvalue weighted by Crippen LogP contribution is -2.53. The fraction of sp³-hybridized carbons (Fsp3) is 0.355. The zero-order chi connectivity index (χ0) is 28.7. The van der Waals surface area contributed by atoms with E-state index in [0.29, 0.717) is 22.7 Å². The Labute approximate surface area is 242 Å². The number of hydrogen-bond acceptors (Lipinski definition) is 4. The van der Waals surface area contributed by atoms with Gasteiger partial charge in [0.1, 0.15) is 12.6 Å². The van der Waals surface area contributed by atoms with Crippen LogP contribution in [0.3, 0.4) is 0 Å². The lowest BCUT2D eigenvalue weighted by Gasteiger charge is -2.33. The molecule has 3 aromatic rings. The third kappa shape index (κ3) is 7.04. The van der Waals surface area contributed by atoms with Crippen molar-refractivity contribution in [3.8, 4) is 0 Å². The minimum absolute atomic E-state index is 0.0602. The normalized spacial score (nSPS) is 14.5. The monoisotopic (exact) mass is 581 g/mol. The van der Waals surface area contributed by atoms with Gasteiger partial charge in [-0.3, -0.25) is 13.9 Å². The highest BCUT2D eigenvalue weighted by Crippen LogP contribution is 2.31. The van der Waals surface area contributed by atoms with Gasteiger partial charge in [0.25, 0.3) is 10.0 Å². The minimum atomic E-state index is -4.13. The Morgan fingerprint density at radius 3 is 2.23 bits per heavy atom. The molecule has 0 aliphatic heterocycles. The molecule has 1 aliphatic carbocycles. The summed E-state index contributed by atoms with van der Waals surface area (Å²) in [5, 5.41) is 3.48. The average molecular weight is 582 g/mol. The van der Waals surface area contributed by atoms with Crippen LogP contribution < -0.4 is 9.62 Å². The maximum atomic E-state index is 14.0. The van der Waals surface area contributed by atoms with Gasteiger partial charge in [-0.05, 0) is 68.5 Å². The van der Waals surface area contributed by atoms with Gasteiger partial charge in [0.2, 0.25) is 11.8 Å². The maximum absolute atomic E-state index is 14.0. The first-order valence-corrected chi connectivity index (χ1v) is 15.5. The second-order valence-electron chi connectivity index (χ2n) is 10.2.